The lowest BCUT2D eigenvalue weighted by molar-refractivity contribution is 0.565. The summed E-state index contributed by atoms with van der Waals surface area (Å²) in [5.74, 6) is -0.606. The molecule has 8 heteroatoms. The highest BCUT2D eigenvalue weighted by molar-refractivity contribution is 7.89. The maximum Gasteiger partial charge on any atom is 0.240 e. The molecule has 21 heavy (non-hydrogen) atoms. The molecule has 1 aromatic carbocycles. The van der Waals surface area contributed by atoms with Crippen molar-refractivity contribution in [3.05, 3.63) is 48.3 Å². The molecule has 114 valence electrons. The number of hydrogen-bond acceptors (Lipinski definition) is 4. The van der Waals surface area contributed by atoms with Crippen LogP contribution < -0.4 is 10.5 Å². The van der Waals surface area contributed by atoms with Crippen molar-refractivity contribution in [2.75, 3.05) is 6.54 Å². The molecule has 0 atom stereocenters. The van der Waals surface area contributed by atoms with E-state index < -0.39 is 15.8 Å². The van der Waals surface area contributed by atoms with Crippen molar-refractivity contribution in [2.24, 2.45) is 5.73 Å². The fourth-order valence-electron chi connectivity index (χ4n) is 1.91. The topological polar surface area (TPSA) is 90.0 Å². The second-order valence-electron chi connectivity index (χ2n) is 4.51. The van der Waals surface area contributed by atoms with Crippen LogP contribution in [0.2, 0.25) is 0 Å². The molecule has 1 heterocycles. The number of rotatable bonds is 7. The normalized spacial score (nSPS) is 11.7. The summed E-state index contributed by atoms with van der Waals surface area (Å²) >= 11 is 0. The van der Waals surface area contributed by atoms with Gasteiger partial charge in [-0.2, -0.15) is 0 Å². The van der Waals surface area contributed by atoms with Crippen molar-refractivity contribution in [3.63, 3.8) is 0 Å². The molecule has 0 saturated carbocycles. The Morgan fingerprint density at radius 2 is 2.19 bits per heavy atom. The van der Waals surface area contributed by atoms with Gasteiger partial charge < -0.3 is 10.3 Å². The minimum atomic E-state index is -3.76. The predicted octanol–water partition coefficient (Wildman–Crippen LogP) is 0.849. The Morgan fingerprint density at radius 1 is 1.38 bits per heavy atom. The fourth-order valence-corrected chi connectivity index (χ4v) is 3.24. The number of nitrogens with zero attached hydrogens (tertiary/aromatic N) is 2. The van der Waals surface area contributed by atoms with Gasteiger partial charge in [0.1, 0.15) is 5.82 Å². The van der Waals surface area contributed by atoms with E-state index in [0.717, 1.165) is 6.07 Å². The molecule has 2 rings (SSSR count). The Bertz CT molecular complexity index is 686. The van der Waals surface area contributed by atoms with Crippen LogP contribution in [0.1, 0.15) is 12.0 Å². The van der Waals surface area contributed by atoms with Gasteiger partial charge in [-0.1, -0.05) is 6.07 Å². The first-order chi connectivity index (χ1) is 10.0. The Morgan fingerprint density at radius 3 is 2.86 bits per heavy atom. The zero-order chi connectivity index (χ0) is 15.3. The van der Waals surface area contributed by atoms with Gasteiger partial charge in [-0.25, -0.2) is 22.5 Å². The minimum absolute atomic E-state index is 0.0333. The van der Waals surface area contributed by atoms with Crippen molar-refractivity contribution in [2.45, 2.75) is 24.4 Å². The van der Waals surface area contributed by atoms with E-state index in [4.69, 9.17) is 5.73 Å². The molecule has 0 aliphatic rings. The summed E-state index contributed by atoms with van der Waals surface area (Å²) in [6, 6.07) is 3.57. The van der Waals surface area contributed by atoms with Gasteiger partial charge in [0, 0.05) is 32.0 Å². The van der Waals surface area contributed by atoms with Gasteiger partial charge in [0.05, 0.1) is 11.2 Å². The van der Waals surface area contributed by atoms with Crippen LogP contribution in [-0.4, -0.2) is 24.5 Å². The molecule has 1 aromatic heterocycles. The van der Waals surface area contributed by atoms with Crippen molar-refractivity contribution in [3.8, 4) is 0 Å². The fraction of sp³-hybridized carbons (Fsp3) is 0.308. The molecule has 3 N–H and O–H groups in total. The molecule has 0 radical (unpaired) electrons. The average molecular weight is 312 g/mol. The molecule has 0 amide bonds. The lowest BCUT2D eigenvalue weighted by Crippen LogP contribution is -2.27. The molecular weight excluding hydrogens is 295 g/mol. The molecule has 0 spiro atoms. The van der Waals surface area contributed by atoms with Crippen molar-refractivity contribution >= 4 is 10.0 Å². The molecule has 0 fully saturated rings. The number of hydrogen-bond donors (Lipinski definition) is 2. The maximum atomic E-state index is 13.2. The van der Waals surface area contributed by atoms with E-state index in [0.29, 0.717) is 18.5 Å². The van der Waals surface area contributed by atoms with E-state index in [1.165, 1.54) is 12.1 Å². The molecular formula is C13H17FN4O2S. The Kier molecular flexibility index (Phi) is 5.05. The van der Waals surface area contributed by atoms with Crippen LogP contribution in [-0.2, 0) is 23.1 Å². The van der Waals surface area contributed by atoms with E-state index in [1.54, 1.807) is 18.7 Å². The third kappa shape index (κ3) is 4.10. The van der Waals surface area contributed by atoms with E-state index in [9.17, 15) is 12.8 Å². The second-order valence-corrected chi connectivity index (χ2v) is 6.24. The zero-order valence-electron chi connectivity index (χ0n) is 11.4. The summed E-state index contributed by atoms with van der Waals surface area (Å²) in [5.41, 5.74) is 5.88. The number of benzene rings is 1. The summed E-state index contributed by atoms with van der Waals surface area (Å²) in [6.07, 6.45) is 5.72. The van der Waals surface area contributed by atoms with Gasteiger partial charge in [0.25, 0.3) is 0 Å². The van der Waals surface area contributed by atoms with E-state index in [2.05, 4.69) is 9.71 Å². The number of sulfonamides is 1. The third-order valence-electron chi connectivity index (χ3n) is 2.98. The van der Waals surface area contributed by atoms with Gasteiger partial charge >= 0.3 is 0 Å². The van der Waals surface area contributed by atoms with Gasteiger partial charge in [-0.3, -0.25) is 0 Å². The highest BCUT2D eigenvalue weighted by Crippen LogP contribution is 2.16. The maximum absolute atomic E-state index is 13.2. The first-order valence-electron chi connectivity index (χ1n) is 6.47. The van der Waals surface area contributed by atoms with Gasteiger partial charge in [0.2, 0.25) is 10.0 Å². The Balaban J connectivity index is 1.99. The van der Waals surface area contributed by atoms with Crippen LogP contribution >= 0.6 is 0 Å². The summed E-state index contributed by atoms with van der Waals surface area (Å²) in [6.45, 7) is 0.933. The molecule has 0 unspecified atom stereocenters. The van der Waals surface area contributed by atoms with Crippen LogP contribution in [0.25, 0.3) is 0 Å². The summed E-state index contributed by atoms with van der Waals surface area (Å²) < 4.78 is 41.9. The predicted molar refractivity (Wildman–Crippen MR) is 76.3 cm³/mol. The molecule has 6 nitrogen and oxygen atoms in total. The SMILES string of the molecule is NCc1ccc(F)cc1S(=O)(=O)NCCCn1ccnc1. The second kappa shape index (κ2) is 6.79. The highest BCUT2D eigenvalue weighted by atomic mass is 32.2. The lowest BCUT2D eigenvalue weighted by atomic mass is 10.2. The quantitative estimate of drug-likeness (QED) is 0.742. The monoisotopic (exact) mass is 312 g/mol. The van der Waals surface area contributed by atoms with E-state index in [1.807, 2.05) is 4.57 Å². The molecule has 2 aromatic rings. The first kappa shape index (κ1) is 15.6. The Hall–Kier alpha value is -1.77. The molecule has 0 aliphatic heterocycles. The number of imidazole rings is 1. The average Bonchev–Trinajstić information content (AvgIpc) is 2.97. The molecule has 0 aliphatic carbocycles. The van der Waals surface area contributed by atoms with Crippen LogP contribution in [0.4, 0.5) is 4.39 Å². The van der Waals surface area contributed by atoms with Crippen LogP contribution in [0, 0.1) is 5.82 Å². The van der Waals surface area contributed by atoms with Gasteiger partial charge in [-0.05, 0) is 24.1 Å². The van der Waals surface area contributed by atoms with Crippen molar-refractivity contribution < 1.29 is 12.8 Å². The minimum Gasteiger partial charge on any atom is -0.337 e. The van der Waals surface area contributed by atoms with Crippen LogP contribution in [0.15, 0.2) is 41.8 Å². The van der Waals surface area contributed by atoms with E-state index >= 15 is 0 Å². The lowest BCUT2D eigenvalue weighted by Gasteiger charge is -2.10. The molecule has 0 bridgehead atoms. The largest absolute Gasteiger partial charge is 0.337 e. The standard InChI is InChI=1S/C13H17FN4O2S/c14-12-3-2-11(9-15)13(8-12)21(19,20)17-4-1-6-18-7-5-16-10-18/h2-3,5,7-8,10,17H,1,4,6,9,15H2. The smallest absolute Gasteiger partial charge is 0.240 e. The number of aromatic nitrogens is 2. The van der Waals surface area contributed by atoms with Crippen LogP contribution in [0.5, 0.6) is 0 Å². The van der Waals surface area contributed by atoms with Crippen LogP contribution in [0.3, 0.4) is 0 Å². The number of nitrogens with two attached hydrogens (primary N) is 1. The van der Waals surface area contributed by atoms with Crippen molar-refractivity contribution in [1.82, 2.24) is 14.3 Å². The Labute approximate surface area is 122 Å². The third-order valence-corrected chi connectivity index (χ3v) is 4.53. The number of nitrogens with one attached hydrogen (secondary N) is 1. The number of aryl methyl sites for hydroxylation is 1. The zero-order valence-corrected chi connectivity index (χ0v) is 12.2. The van der Waals surface area contributed by atoms with Gasteiger partial charge in [-0.15, -0.1) is 0 Å². The summed E-state index contributed by atoms with van der Waals surface area (Å²) in [5, 5.41) is 0. The van der Waals surface area contributed by atoms with Gasteiger partial charge in [0.15, 0.2) is 0 Å². The highest BCUT2D eigenvalue weighted by Gasteiger charge is 2.18. The van der Waals surface area contributed by atoms with E-state index in [-0.39, 0.29) is 18.0 Å². The summed E-state index contributed by atoms with van der Waals surface area (Å²) in [7, 11) is -3.76. The summed E-state index contributed by atoms with van der Waals surface area (Å²) in [4.78, 5) is 3.79. The molecule has 0 saturated heterocycles. The number of halogens is 1. The van der Waals surface area contributed by atoms with Crippen molar-refractivity contribution in [1.29, 1.82) is 0 Å². The first-order valence-corrected chi connectivity index (χ1v) is 7.95.